The first-order chi connectivity index (χ1) is 8.60. The summed E-state index contributed by atoms with van der Waals surface area (Å²) >= 11 is 0. The lowest BCUT2D eigenvalue weighted by molar-refractivity contribution is -0.0980. The van der Waals surface area contributed by atoms with Crippen LogP contribution in [0.2, 0.25) is 0 Å². The molecular formula is C8H20N4O5S2. The molecule has 2 aliphatic rings. The van der Waals surface area contributed by atoms with E-state index < -0.39 is 20.0 Å². The number of carbonyl (C=O) groups is 1. The highest BCUT2D eigenvalue weighted by Crippen LogP contribution is 2.10. The Morgan fingerprint density at radius 1 is 1.00 bits per heavy atom. The zero-order chi connectivity index (χ0) is 15.3. The van der Waals surface area contributed by atoms with Gasteiger partial charge in [-0.3, -0.25) is 0 Å². The first-order valence-corrected chi connectivity index (χ1v) is 8.54. The van der Waals surface area contributed by atoms with Crippen LogP contribution in [0.1, 0.15) is 0 Å². The standard InChI is InChI=1S/C4H10N2O2S.C3H8N2O2S.CH2O/c1-6-2-4(3-6)9(5,7)8;4-8(6,7)3-1-5-2-3;1-2/h4H,2-3H2,1H3,(H2,5,7,8);3,5H,1-2H2,(H2,4,6,7);1H2. The summed E-state index contributed by atoms with van der Waals surface area (Å²) in [6.07, 6.45) is 0. The van der Waals surface area contributed by atoms with Crippen molar-refractivity contribution in [2.45, 2.75) is 10.5 Å². The molecule has 0 aliphatic carbocycles. The number of hydrogen-bond donors (Lipinski definition) is 3. The van der Waals surface area contributed by atoms with Crippen LogP contribution in [0, 0.1) is 0 Å². The summed E-state index contributed by atoms with van der Waals surface area (Å²) in [4.78, 5) is 9.91. The van der Waals surface area contributed by atoms with Crippen molar-refractivity contribution in [1.82, 2.24) is 10.2 Å². The summed E-state index contributed by atoms with van der Waals surface area (Å²) in [6.45, 7) is 4.19. The van der Waals surface area contributed by atoms with Gasteiger partial charge in [0.15, 0.2) is 0 Å². The van der Waals surface area contributed by atoms with Crippen molar-refractivity contribution in [2.75, 3.05) is 33.2 Å². The zero-order valence-electron chi connectivity index (χ0n) is 10.6. The number of carbonyl (C=O) groups excluding carboxylic acids is 1. The topological polar surface area (TPSA) is 153 Å². The van der Waals surface area contributed by atoms with Crippen LogP contribution in [0.5, 0.6) is 0 Å². The van der Waals surface area contributed by atoms with E-state index in [1.807, 2.05) is 18.7 Å². The molecule has 2 fully saturated rings. The Bertz CT molecular complexity index is 467. The van der Waals surface area contributed by atoms with Gasteiger partial charge < -0.3 is 15.0 Å². The minimum Gasteiger partial charge on any atom is -0.314 e. The lowest BCUT2D eigenvalue weighted by Crippen LogP contribution is -2.54. The zero-order valence-corrected chi connectivity index (χ0v) is 12.3. The van der Waals surface area contributed by atoms with E-state index in [9.17, 15) is 16.8 Å². The van der Waals surface area contributed by atoms with E-state index in [1.165, 1.54) is 0 Å². The molecule has 114 valence electrons. The average Bonchev–Trinajstić information content (AvgIpc) is 2.10. The fourth-order valence-electron chi connectivity index (χ4n) is 1.34. The Morgan fingerprint density at radius 3 is 1.42 bits per heavy atom. The van der Waals surface area contributed by atoms with E-state index in [0.29, 0.717) is 26.2 Å². The summed E-state index contributed by atoms with van der Waals surface area (Å²) in [7, 11) is -4.61. The van der Waals surface area contributed by atoms with E-state index in [-0.39, 0.29) is 10.5 Å². The van der Waals surface area contributed by atoms with Crippen LogP contribution in [-0.2, 0) is 24.8 Å². The number of rotatable bonds is 2. The van der Waals surface area contributed by atoms with E-state index in [0.717, 1.165) is 0 Å². The molecule has 2 saturated heterocycles. The third-order valence-corrected chi connectivity index (χ3v) is 5.19. The van der Waals surface area contributed by atoms with Crippen molar-refractivity contribution in [3.8, 4) is 0 Å². The lowest BCUT2D eigenvalue weighted by atomic mass is 10.2. The Kier molecular flexibility index (Phi) is 7.04. The maximum absolute atomic E-state index is 10.5. The Morgan fingerprint density at radius 2 is 1.37 bits per heavy atom. The monoisotopic (exact) mass is 316 g/mol. The van der Waals surface area contributed by atoms with Gasteiger partial charge >= 0.3 is 0 Å². The largest absolute Gasteiger partial charge is 0.314 e. The van der Waals surface area contributed by atoms with Gasteiger partial charge in [-0.15, -0.1) is 0 Å². The summed E-state index contributed by atoms with van der Waals surface area (Å²) in [5, 5.41) is 11.8. The van der Waals surface area contributed by atoms with Crippen molar-refractivity contribution in [2.24, 2.45) is 10.3 Å². The number of hydrogen-bond acceptors (Lipinski definition) is 7. The molecule has 0 atom stereocenters. The van der Waals surface area contributed by atoms with Crippen LogP contribution in [0.3, 0.4) is 0 Å². The van der Waals surface area contributed by atoms with Crippen LogP contribution >= 0.6 is 0 Å². The number of nitrogens with one attached hydrogen (secondary N) is 1. The van der Waals surface area contributed by atoms with E-state index in [2.05, 4.69) is 5.32 Å². The van der Waals surface area contributed by atoms with Crippen LogP contribution in [0.15, 0.2) is 0 Å². The van der Waals surface area contributed by atoms with Crippen molar-refractivity contribution >= 4 is 26.8 Å². The molecule has 0 aromatic carbocycles. The van der Waals surface area contributed by atoms with Crippen LogP contribution in [-0.4, -0.2) is 72.3 Å². The van der Waals surface area contributed by atoms with E-state index in [1.54, 1.807) is 0 Å². The quantitative estimate of drug-likeness (QED) is 0.481. The highest BCUT2D eigenvalue weighted by Gasteiger charge is 2.32. The highest BCUT2D eigenvalue weighted by molar-refractivity contribution is 7.90. The van der Waals surface area contributed by atoms with Gasteiger partial charge in [-0.05, 0) is 7.05 Å². The minimum atomic E-state index is -3.24. The second-order valence-corrected chi connectivity index (χ2v) is 7.99. The normalized spacial score (nSPS) is 21.0. The van der Waals surface area contributed by atoms with Gasteiger partial charge in [-0.25, -0.2) is 27.1 Å². The Balaban J connectivity index is 0.000000303. The summed E-state index contributed by atoms with van der Waals surface area (Å²) < 4.78 is 41.7. The molecule has 0 bridgehead atoms. The Hall–Kier alpha value is -0.590. The van der Waals surface area contributed by atoms with Crippen molar-refractivity contribution in [1.29, 1.82) is 0 Å². The van der Waals surface area contributed by atoms with Crippen molar-refractivity contribution < 1.29 is 21.6 Å². The maximum atomic E-state index is 10.5. The van der Waals surface area contributed by atoms with Gasteiger partial charge in [0.05, 0.1) is 5.25 Å². The Labute approximate surface area is 113 Å². The fraction of sp³-hybridized carbons (Fsp3) is 0.875. The van der Waals surface area contributed by atoms with Gasteiger partial charge in [0.2, 0.25) is 20.0 Å². The highest BCUT2D eigenvalue weighted by atomic mass is 32.2. The molecule has 0 spiro atoms. The summed E-state index contributed by atoms with van der Waals surface area (Å²) in [5.41, 5.74) is 0. The van der Waals surface area contributed by atoms with Crippen LogP contribution in [0.25, 0.3) is 0 Å². The van der Waals surface area contributed by atoms with Crippen LogP contribution < -0.4 is 15.6 Å². The first-order valence-electron chi connectivity index (χ1n) is 5.32. The SMILES string of the molecule is C=O.CN1CC(S(N)(=O)=O)C1.NS(=O)(=O)C1CNC1. The minimum absolute atomic E-state index is 0.317. The number of likely N-dealkylation sites (tertiary alicyclic amines) is 1. The number of primary sulfonamides is 2. The van der Waals surface area contributed by atoms with Gasteiger partial charge in [0, 0.05) is 26.2 Å². The summed E-state index contributed by atoms with van der Waals surface area (Å²) in [6, 6.07) is 0. The molecule has 0 amide bonds. The first kappa shape index (κ1) is 18.4. The molecular weight excluding hydrogens is 296 g/mol. The molecule has 19 heavy (non-hydrogen) atoms. The molecule has 2 heterocycles. The number of nitrogens with zero attached hydrogens (tertiary/aromatic N) is 1. The average molecular weight is 316 g/mol. The molecule has 0 saturated carbocycles. The van der Waals surface area contributed by atoms with E-state index >= 15 is 0 Å². The molecule has 0 aromatic heterocycles. The van der Waals surface area contributed by atoms with E-state index in [4.69, 9.17) is 15.1 Å². The van der Waals surface area contributed by atoms with Gasteiger partial charge in [0.25, 0.3) is 0 Å². The smallest absolute Gasteiger partial charge is 0.214 e. The summed E-state index contributed by atoms with van der Waals surface area (Å²) in [5.74, 6) is 0. The molecule has 0 aromatic rings. The molecule has 0 radical (unpaired) electrons. The second-order valence-electron chi connectivity index (χ2n) is 4.30. The lowest BCUT2D eigenvalue weighted by Gasteiger charge is -2.33. The second kappa shape index (κ2) is 7.26. The molecule has 2 rings (SSSR count). The van der Waals surface area contributed by atoms with Crippen LogP contribution in [0.4, 0.5) is 0 Å². The number of nitrogens with two attached hydrogens (primary N) is 2. The van der Waals surface area contributed by atoms with Gasteiger partial charge in [-0.2, -0.15) is 0 Å². The van der Waals surface area contributed by atoms with Crippen molar-refractivity contribution in [3.05, 3.63) is 0 Å². The molecule has 2 aliphatic heterocycles. The maximum Gasteiger partial charge on any atom is 0.214 e. The number of sulfonamides is 2. The predicted molar refractivity (Wildman–Crippen MR) is 71.3 cm³/mol. The van der Waals surface area contributed by atoms with Gasteiger partial charge in [-0.1, -0.05) is 0 Å². The predicted octanol–water partition coefficient (Wildman–Crippen LogP) is -3.35. The van der Waals surface area contributed by atoms with Crippen molar-refractivity contribution in [3.63, 3.8) is 0 Å². The fourth-order valence-corrected chi connectivity index (χ4v) is 2.97. The molecule has 5 N–H and O–H groups in total. The van der Waals surface area contributed by atoms with Gasteiger partial charge in [0.1, 0.15) is 12.0 Å². The molecule has 9 nitrogen and oxygen atoms in total. The third kappa shape index (κ3) is 6.40. The third-order valence-electron chi connectivity index (χ3n) is 2.70. The molecule has 0 unspecified atom stereocenters. The molecule has 11 heteroatoms.